The molecule has 0 amide bonds. The van der Waals surface area contributed by atoms with Crippen molar-refractivity contribution in [1.29, 1.82) is 0 Å². The Morgan fingerprint density at radius 1 is 0.446 bits per heavy atom. The summed E-state index contributed by atoms with van der Waals surface area (Å²) in [5.74, 6) is -1.30. The first-order valence-electron chi connectivity index (χ1n) is 20.5. The Labute approximate surface area is 467 Å². The largest absolute Gasteiger partial charge is 1.00 e. The van der Waals surface area contributed by atoms with Gasteiger partial charge >= 0.3 is 59.1 Å². The average molecular weight is 1120 g/mol. The zero-order chi connectivity index (χ0) is 52.4. The molecule has 0 saturated heterocycles. The molecule has 10 N–H and O–H groups in total. The topological polar surface area (TPSA) is 436 Å². The van der Waals surface area contributed by atoms with E-state index in [4.69, 9.17) is 0 Å². The molecule has 0 saturated carbocycles. The second-order valence-corrected chi connectivity index (χ2v) is 20.2. The molecule has 74 heavy (non-hydrogen) atoms. The van der Waals surface area contributed by atoms with Crippen LogP contribution in [0.25, 0.3) is 12.2 Å². The van der Waals surface area contributed by atoms with Crippen molar-refractivity contribution in [1.82, 2.24) is 29.9 Å². The number of benzene rings is 4. The van der Waals surface area contributed by atoms with E-state index in [0.717, 1.165) is 60.7 Å². The molecule has 4 aromatic carbocycles. The van der Waals surface area contributed by atoms with E-state index in [1.807, 2.05) is 0 Å². The Morgan fingerprint density at radius 2 is 0.743 bits per heavy atom. The minimum Gasteiger partial charge on any atom is -0.744 e. The number of hydrogen-bond acceptors (Lipinski definition) is 26. The number of aliphatic hydroxyl groups excluding tert-OH is 4. The summed E-state index contributed by atoms with van der Waals surface area (Å²) in [6, 6.07) is 16.6. The van der Waals surface area contributed by atoms with Crippen molar-refractivity contribution in [3.63, 3.8) is 0 Å². The first-order chi connectivity index (χ1) is 34.0. The van der Waals surface area contributed by atoms with Crippen molar-refractivity contribution >= 4 is 111 Å². The van der Waals surface area contributed by atoms with Crippen molar-refractivity contribution in [2.75, 3.05) is 83.7 Å². The van der Waals surface area contributed by atoms with Gasteiger partial charge in [0.2, 0.25) is 35.7 Å². The van der Waals surface area contributed by atoms with E-state index >= 15 is 0 Å². The zero-order valence-corrected chi connectivity index (χ0v) is 46.1. The monoisotopic (exact) mass is 1120 g/mol. The molecule has 6 aromatic rings. The number of aliphatic hydroxyl groups is 4. The van der Waals surface area contributed by atoms with E-state index in [9.17, 15) is 72.3 Å². The van der Waals surface area contributed by atoms with Gasteiger partial charge in [-0.2, -0.15) is 46.7 Å². The third kappa shape index (κ3) is 17.2. The Balaban J connectivity index is 0.00000593. The fraction of sp³-hybridized carbons (Fsp3) is 0.200. The molecule has 6 rings (SSSR count). The summed E-state index contributed by atoms with van der Waals surface area (Å²) in [6.45, 7) is -1.92. The minimum atomic E-state index is -5.31. The van der Waals surface area contributed by atoms with Gasteiger partial charge in [0.1, 0.15) is 20.2 Å². The SMILES string of the molecule is O=S(=O)([O-])c1cc(Nc2nc(Nc3cccc(S(=O)(=O)O)c3)nc(N(CCO)CCO)n2)ccc1/C=C/c1ccc(Nc2nc(Nc3cccc(S(=O)(=O)O)c3)nc(N(CCO)CCO)n2)cc1S(=O)(=O)[O-].[Na+].[Na+]. The smallest absolute Gasteiger partial charge is 0.744 e. The van der Waals surface area contributed by atoms with Crippen LogP contribution in [0.5, 0.6) is 0 Å². The van der Waals surface area contributed by atoms with E-state index < -0.39 is 86.5 Å². The molecule has 0 atom stereocenters. The number of anilines is 10. The Morgan fingerprint density at radius 3 is 1.01 bits per heavy atom. The normalized spacial score (nSPS) is 11.8. The molecular formula is C40H42N12Na2O16S4. The van der Waals surface area contributed by atoms with Crippen LogP contribution in [0.15, 0.2) is 105 Å². The molecule has 0 aliphatic rings. The van der Waals surface area contributed by atoms with Crippen molar-refractivity contribution < 1.29 is 131 Å². The van der Waals surface area contributed by atoms with Crippen LogP contribution >= 0.6 is 0 Å². The maximum Gasteiger partial charge on any atom is 1.00 e. The van der Waals surface area contributed by atoms with Crippen LogP contribution in [0.3, 0.4) is 0 Å². The van der Waals surface area contributed by atoms with E-state index in [-0.39, 0.29) is 155 Å². The van der Waals surface area contributed by atoms with Crippen molar-refractivity contribution in [3.05, 3.63) is 96.1 Å². The first-order valence-corrected chi connectivity index (χ1v) is 26.2. The van der Waals surface area contributed by atoms with Gasteiger partial charge in [-0.15, -0.1) is 0 Å². The molecule has 0 unspecified atom stereocenters. The van der Waals surface area contributed by atoms with Gasteiger partial charge < -0.3 is 60.6 Å². The predicted octanol–water partition coefficient (Wildman–Crippen LogP) is -4.91. The van der Waals surface area contributed by atoms with Gasteiger partial charge in [0.05, 0.1) is 46.0 Å². The van der Waals surface area contributed by atoms with E-state index in [1.165, 1.54) is 46.2 Å². The summed E-state index contributed by atoms with van der Waals surface area (Å²) in [5, 5.41) is 49.6. The number of hydrogen-bond donors (Lipinski definition) is 10. The van der Waals surface area contributed by atoms with Gasteiger partial charge in [-0.05, 0) is 71.8 Å². The van der Waals surface area contributed by atoms with Crippen LogP contribution in [-0.2, 0) is 40.5 Å². The Kier molecular flexibility index (Phi) is 22.1. The van der Waals surface area contributed by atoms with E-state index in [1.54, 1.807) is 0 Å². The average Bonchev–Trinajstić information content (AvgIpc) is 3.30. The van der Waals surface area contributed by atoms with Gasteiger partial charge in [-0.25, -0.2) is 16.8 Å². The summed E-state index contributed by atoms with van der Waals surface area (Å²) < 4.78 is 142. The van der Waals surface area contributed by atoms with Crippen LogP contribution < -0.4 is 90.2 Å². The molecule has 0 aliphatic carbocycles. The second kappa shape index (κ2) is 26.6. The summed E-state index contributed by atoms with van der Waals surface area (Å²) in [5.41, 5.74) is -0.534. The molecule has 34 heteroatoms. The fourth-order valence-corrected chi connectivity index (χ4v) is 8.88. The molecular weight excluding hydrogens is 1080 g/mol. The van der Waals surface area contributed by atoms with Gasteiger partial charge in [0, 0.05) is 48.9 Å². The molecule has 2 aromatic heterocycles. The molecule has 0 spiro atoms. The third-order valence-electron chi connectivity index (χ3n) is 9.59. The van der Waals surface area contributed by atoms with Crippen LogP contribution in [0.2, 0.25) is 0 Å². The van der Waals surface area contributed by atoms with E-state index in [0.29, 0.717) is 0 Å². The maximum absolute atomic E-state index is 12.7. The van der Waals surface area contributed by atoms with Crippen LogP contribution in [0.1, 0.15) is 11.1 Å². The van der Waals surface area contributed by atoms with Crippen LogP contribution in [0, 0.1) is 0 Å². The summed E-state index contributed by atoms with van der Waals surface area (Å²) in [7, 11) is -19.8. The third-order valence-corrected chi connectivity index (χ3v) is 13.1. The molecule has 0 fully saturated rings. The van der Waals surface area contributed by atoms with Gasteiger partial charge in [0.15, 0.2) is 0 Å². The number of rotatable bonds is 24. The molecule has 2 heterocycles. The van der Waals surface area contributed by atoms with E-state index in [2.05, 4.69) is 51.2 Å². The van der Waals surface area contributed by atoms with Gasteiger partial charge in [0.25, 0.3) is 20.2 Å². The summed E-state index contributed by atoms with van der Waals surface area (Å²) in [4.78, 5) is 25.7. The zero-order valence-electron chi connectivity index (χ0n) is 38.9. The fourth-order valence-electron chi connectivity index (χ4n) is 6.44. The summed E-state index contributed by atoms with van der Waals surface area (Å²) in [6.07, 6.45) is 2.11. The van der Waals surface area contributed by atoms with Gasteiger partial charge in [-0.1, -0.05) is 36.4 Å². The Bertz CT molecular complexity index is 3210. The number of nitrogens with zero attached hydrogens (tertiary/aromatic N) is 8. The molecule has 28 nitrogen and oxygen atoms in total. The minimum absolute atomic E-state index is 0. The quantitative estimate of drug-likeness (QED) is 0.0154. The molecule has 384 valence electrons. The maximum atomic E-state index is 12.7. The Hall–Kier alpha value is -5.08. The van der Waals surface area contributed by atoms with Crippen molar-refractivity contribution in [2.24, 2.45) is 0 Å². The molecule has 0 radical (unpaired) electrons. The van der Waals surface area contributed by atoms with Crippen molar-refractivity contribution in [2.45, 2.75) is 19.6 Å². The van der Waals surface area contributed by atoms with Crippen LogP contribution in [0.4, 0.5) is 58.4 Å². The first kappa shape index (κ1) is 61.5. The summed E-state index contributed by atoms with van der Waals surface area (Å²) >= 11 is 0. The van der Waals surface area contributed by atoms with Crippen LogP contribution in [-0.4, -0.2) is 155 Å². The second-order valence-electron chi connectivity index (χ2n) is 14.7. The predicted molar refractivity (Wildman–Crippen MR) is 256 cm³/mol. The van der Waals surface area contributed by atoms with Gasteiger partial charge in [-0.3, -0.25) is 9.11 Å². The number of nitrogens with one attached hydrogen (secondary N) is 4. The standard InChI is InChI=1S/C40H44N12O16S4.2Na/c53-17-13-51(14-18-54)39-47-35(41-27-3-1-5-31(21-27)69(57,58)59)45-37(49-39)43-29-11-9-25(33(23-29)71(63,64)65)7-8-26-10-12-30(24-34(26)72(66,67)68)44-38-46-36(48-40(50-38)52(15-19-55)16-20-56)42-28-4-2-6-32(22-28)70(60,61)62;;/h1-12,21-24,53-56H,13-20H2,(H,57,58,59)(H,60,61,62)(H,63,64,65)(H,66,67,68)(H2,41,43,45,47,49)(H2,42,44,46,48,50);;/q;2*+1/p-2/b8-7+;;. The molecule has 0 aliphatic heterocycles. The number of aromatic nitrogens is 6. The van der Waals surface area contributed by atoms with Crippen molar-refractivity contribution in [3.8, 4) is 0 Å². The molecule has 0 bridgehead atoms.